The maximum absolute atomic E-state index is 10.8. The Morgan fingerprint density at radius 2 is 1.71 bits per heavy atom. The van der Waals surface area contributed by atoms with Crippen molar-refractivity contribution in [2.45, 2.75) is 51.6 Å². The van der Waals surface area contributed by atoms with Gasteiger partial charge in [0.05, 0.1) is 12.7 Å². The summed E-state index contributed by atoms with van der Waals surface area (Å²) in [6.07, 6.45) is 5.28. The quantitative estimate of drug-likeness (QED) is 0.849. The van der Waals surface area contributed by atoms with E-state index in [2.05, 4.69) is 13.0 Å². The number of aryl methyl sites for hydroxylation is 2. The second-order valence-corrected chi connectivity index (χ2v) is 5.23. The van der Waals surface area contributed by atoms with Crippen LogP contribution in [0, 0.1) is 13.8 Å². The summed E-state index contributed by atoms with van der Waals surface area (Å²) in [6, 6.07) is 4.14. The molecular weight excluding hydrogens is 212 g/mol. The number of hydrogen-bond donors (Lipinski definition) is 1. The largest absolute Gasteiger partial charge is 0.496 e. The minimum absolute atomic E-state index is 0.612. The predicted octanol–water partition coefficient (Wildman–Crippen LogP) is 3.46. The molecule has 2 rings (SSSR count). The fourth-order valence-corrected chi connectivity index (χ4v) is 2.92. The van der Waals surface area contributed by atoms with E-state index >= 15 is 0 Å². The first-order valence-electron chi connectivity index (χ1n) is 6.45. The van der Waals surface area contributed by atoms with Gasteiger partial charge in [0, 0.05) is 0 Å². The van der Waals surface area contributed by atoms with Gasteiger partial charge in [-0.3, -0.25) is 0 Å². The second-order valence-electron chi connectivity index (χ2n) is 5.23. The number of benzene rings is 1. The highest BCUT2D eigenvalue weighted by atomic mass is 16.5. The third-order valence-corrected chi connectivity index (χ3v) is 3.92. The molecule has 0 atom stereocenters. The van der Waals surface area contributed by atoms with Crippen molar-refractivity contribution in [3.8, 4) is 5.75 Å². The summed E-state index contributed by atoms with van der Waals surface area (Å²) in [5, 5.41) is 10.8. The predicted molar refractivity (Wildman–Crippen MR) is 69.4 cm³/mol. The van der Waals surface area contributed by atoms with Gasteiger partial charge >= 0.3 is 0 Å². The highest BCUT2D eigenvalue weighted by Crippen LogP contribution is 2.40. The Morgan fingerprint density at radius 1 is 1.06 bits per heavy atom. The number of rotatable bonds is 2. The van der Waals surface area contributed by atoms with Crippen LogP contribution in [0.15, 0.2) is 12.1 Å². The van der Waals surface area contributed by atoms with Crippen LogP contribution in [0.4, 0.5) is 0 Å². The molecule has 1 aromatic carbocycles. The van der Waals surface area contributed by atoms with Crippen molar-refractivity contribution in [1.82, 2.24) is 0 Å². The van der Waals surface area contributed by atoms with Crippen LogP contribution >= 0.6 is 0 Å². The SMILES string of the molecule is COc1cc(C)c(C2(O)CCCCC2)cc1C. The lowest BCUT2D eigenvalue weighted by Gasteiger charge is -2.34. The average Bonchev–Trinajstić information content (AvgIpc) is 2.32. The standard InChI is InChI=1S/C15H22O2/c1-11-10-14(17-3)12(2)9-13(11)15(16)7-5-4-6-8-15/h9-10,16H,4-8H2,1-3H3. The average molecular weight is 234 g/mol. The van der Waals surface area contributed by atoms with Gasteiger partial charge in [-0.15, -0.1) is 0 Å². The van der Waals surface area contributed by atoms with Crippen molar-refractivity contribution in [1.29, 1.82) is 0 Å². The van der Waals surface area contributed by atoms with Gasteiger partial charge in [-0.1, -0.05) is 19.3 Å². The van der Waals surface area contributed by atoms with E-state index in [4.69, 9.17) is 4.74 Å². The molecular formula is C15H22O2. The first-order chi connectivity index (χ1) is 8.07. The lowest BCUT2D eigenvalue weighted by molar-refractivity contribution is -0.00126. The molecule has 0 radical (unpaired) electrons. The number of aliphatic hydroxyl groups is 1. The first-order valence-corrected chi connectivity index (χ1v) is 6.45. The zero-order valence-corrected chi connectivity index (χ0v) is 11.0. The fourth-order valence-electron chi connectivity index (χ4n) is 2.92. The maximum atomic E-state index is 10.8. The van der Waals surface area contributed by atoms with Crippen molar-refractivity contribution >= 4 is 0 Å². The van der Waals surface area contributed by atoms with Gasteiger partial charge in [-0.25, -0.2) is 0 Å². The Labute approximate surface area is 104 Å². The lowest BCUT2D eigenvalue weighted by atomic mass is 9.77. The maximum Gasteiger partial charge on any atom is 0.122 e. The summed E-state index contributed by atoms with van der Waals surface area (Å²) in [4.78, 5) is 0. The Kier molecular flexibility index (Phi) is 3.43. The molecule has 0 bridgehead atoms. The van der Waals surface area contributed by atoms with Crippen molar-refractivity contribution < 1.29 is 9.84 Å². The molecule has 0 saturated heterocycles. The lowest BCUT2D eigenvalue weighted by Crippen LogP contribution is -2.29. The van der Waals surface area contributed by atoms with Crippen LogP contribution in [0.1, 0.15) is 48.8 Å². The number of ether oxygens (including phenoxy) is 1. The van der Waals surface area contributed by atoms with E-state index in [1.807, 2.05) is 13.0 Å². The van der Waals surface area contributed by atoms with Crippen LogP contribution in [0.2, 0.25) is 0 Å². The van der Waals surface area contributed by atoms with E-state index in [0.29, 0.717) is 0 Å². The molecule has 94 valence electrons. The van der Waals surface area contributed by atoms with E-state index in [0.717, 1.165) is 48.1 Å². The normalized spacial score (nSPS) is 19.1. The molecule has 1 N–H and O–H groups in total. The van der Waals surface area contributed by atoms with Crippen LogP contribution in [-0.2, 0) is 5.60 Å². The Morgan fingerprint density at radius 3 is 2.29 bits per heavy atom. The van der Waals surface area contributed by atoms with Crippen molar-refractivity contribution in [2.24, 2.45) is 0 Å². The monoisotopic (exact) mass is 234 g/mol. The molecule has 0 heterocycles. The van der Waals surface area contributed by atoms with E-state index in [-0.39, 0.29) is 0 Å². The van der Waals surface area contributed by atoms with Gasteiger partial charge in [-0.2, -0.15) is 0 Å². The van der Waals surface area contributed by atoms with Crippen molar-refractivity contribution in [3.05, 3.63) is 28.8 Å². The molecule has 1 fully saturated rings. The molecule has 1 aromatic rings. The molecule has 0 aromatic heterocycles. The number of methoxy groups -OCH3 is 1. The van der Waals surface area contributed by atoms with Crippen LogP contribution in [0.5, 0.6) is 5.75 Å². The van der Waals surface area contributed by atoms with Gasteiger partial charge in [0.25, 0.3) is 0 Å². The zero-order chi connectivity index (χ0) is 12.5. The Bertz CT molecular complexity index is 404. The zero-order valence-electron chi connectivity index (χ0n) is 11.0. The molecule has 0 amide bonds. The fraction of sp³-hybridized carbons (Fsp3) is 0.600. The molecule has 0 aliphatic heterocycles. The summed E-state index contributed by atoms with van der Waals surface area (Å²) in [6.45, 7) is 4.10. The summed E-state index contributed by atoms with van der Waals surface area (Å²) in [5.74, 6) is 0.908. The van der Waals surface area contributed by atoms with Crippen LogP contribution in [0.3, 0.4) is 0 Å². The summed E-state index contributed by atoms with van der Waals surface area (Å²) in [7, 11) is 1.69. The minimum atomic E-state index is -0.612. The second kappa shape index (κ2) is 4.69. The number of hydrogen-bond acceptors (Lipinski definition) is 2. The molecule has 1 aliphatic rings. The topological polar surface area (TPSA) is 29.5 Å². The summed E-state index contributed by atoms with van der Waals surface area (Å²) >= 11 is 0. The van der Waals surface area contributed by atoms with E-state index in [1.165, 1.54) is 6.42 Å². The smallest absolute Gasteiger partial charge is 0.122 e. The van der Waals surface area contributed by atoms with Crippen LogP contribution < -0.4 is 4.74 Å². The van der Waals surface area contributed by atoms with Gasteiger partial charge in [-0.05, 0) is 55.5 Å². The van der Waals surface area contributed by atoms with Gasteiger partial charge in [0.15, 0.2) is 0 Å². The van der Waals surface area contributed by atoms with E-state index < -0.39 is 5.60 Å². The highest BCUT2D eigenvalue weighted by molar-refractivity contribution is 5.44. The highest BCUT2D eigenvalue weighted by Gasteiger charge is 2.32. The third kappa shape index (κ3) is 2.32. The van der Waals surface area contributed by atoms with Gasteiger partial charge < -0.3 is 9.84 Å². The molecule has 0 unspecified atom stereocenters. The molecule has 17 heavy (non-hydrogen) atoms. The van der Waals surface area contributed by atoms with E-state index in [1.54, 1.807) is 7.11 Å². The van der Waals surface area contributed by atoms with Crippen LogP contribution in [-0.4, -0.2) is 12.2 Å². The molecule has 2 nitrogen and oxygen atoms in total. The van der Waals surface area contributed by atoms with Crippen LogP contribution in [0.25, 0.3) is 0 Å². The molecule has 1 aliphatic carbocycles. The first kappa shape index (κ1) is 12.4. The Hall–Kier alpha value is -1.02. The van der Waals surface area contributed by atoms with E-state index in [9.17, 15) is 5.11 Å². The summed E-state index contributed by atoms with van der Waals surface area (Å²) < 4.78 is 5.32. The van der Waals surface area contributed by atoms with Crippen molar-refractivity contribution in [2.75, 3.05) is 7.11 Å². The minimum Gasteiger partial charge on any atom is -0.496 e. The third-order valence-electron chi connectivity index (χ3n) is 3.92. The summed E-state index contributed by atoms with van der Waals surface area (Å²) in [5.41, 5.74) is 2.72. The molecule has 2 heteroatoms. The van der Waals surface area contributed by atoms with Crippen molar-refractivity contribution in [3.63, 3.8) is 0 Å². The molecule has 0 spiro atoms. The Balaban J connectivity index is 2.41. The van der Waals surface area contributed by atoms with Gasteiger partial charge in [0.2, 0.25) is 0 Å². The van der Waals surface area contributed by atoms with Gasteiger partial charge in [0.1, 0.15) is 5.75 Å². The molecule has 1 saturated carbocycles.